The molecule has 2 aromatic carbocycles. The highest BCUT2D eigenvalue weighted by atomic mass is 16.5. The number of aliphatic hydroxyl groups excluding tert-OH is 2. The summed E-state index contributed by atoms with van der Waals surface area (Å²) in [6.45, 7) is 7.98. The number of carbonyl (C=O) groups is 4. The number of ketones is 2. The highest BCUT2D eigenvalue weighted by Crippen LogP contribution is 2.52. The molecule has 45 heavy (non-hydrogen) atoms. The molecule has 0 aliphatic heterocycles. The number of primary amides is 1. The first kappa shape index (κ1) is 31.6. The summed E-state index contributed by atoms with van der Waals surface area (Å²) >= 11 is 0. The summed E-state index contributed by atoms with van der Waals surface area (Å²) in [7, 11) is 0. The number of phenols is 1. The van der Waals surface area contributed by atoms with Gasteiger partial charge in [-0.3, -0.25) is 14.4 Å². The third kappa shape index (κ3) is 5.39. The number of amides is 3. The molecule has 2 aromatic rings. The van der Waals surface area contributed by atoms with Gasteiger partial charge < -0.3 is 41.5 Å². The number of carbonyl (C=O) groups excluding carboxylic acids is 4. The van der Waals surface area contributed by atoms with Gasteiger partial charge >= 0.3 is 6.03 Å². The number of Topliss-reactive ketones (excluding diaryl/α,β-unsaturated/α-hetero) is 2. The fourth-order valence-corrected chi connectivity index (χ4v) is 6.63. The highest BCUT2D eigenvalue weighted by molar-refractivity contribution is 6.24. The van der Waals surface area contributed by atoms with Crippen LogP contribution in [0.5, 0.6) is 11.5 Å². The monoisotopic (exact) mass is 619 g/mol. The van der Waals surface area contributed by atoms with Crippen LogP contribution in [-0.4, -0.2) is 61.7 Å². The number of hydrogen-bond acceptors (Lipinski definition) is 9. The molecule has 3 aliphatic carbocycles. The SMILES string of the molecule is CCOc1ccc(-c2ccc(O)c3c2C[C@H]2C[C@H]4CC(O)=C(C(N)=O)C(=O)[C@@]4(O)C(O)=C2C3=O)cc1CNC(=O)NC(C)(C)C. The zero-order valence-electron chi connectivity index (χ0n) is 25.5. The van der Waals surface area contributed by atoms with Gasteiger partial charge in [0.1, 0.15) is 28.6 Å². The molecule has 0 heterocycles. The second-order valence-corrected chi connectivity index (χ2v) is 12.7. The second kappa shape index (κ2) is 11.3. The van der Waals surface area contributed by atoms with Crippen LogP contribution in [0.3, 0.4) is 0 Å². The summed E-state index contributed by atoms with van der Waals surface area (Å²) in [5, 5.41) is 49.7. The van der Waals surface area contributed by atoms with E-state index in [1.54, 1.807) is 18.2 Å². The van der Waals surface area contributed by atoms with Crippen LogP contribution in [-0.2, 0) is 22.6 Å². The van der Waals surface area contributed by atoms with E-state index in [2.05, 4.69) is 10.6 Å². The van der Waals surface area contributed by atoms with Gasteiger partial charge in [0.2, 0.25) is 5.78 Å². The Morgan fingerprint density at radius 2 is 1.80 bits per heavy atom. The van der Waals surface area contributed by atoms with Crippen molar-refractivity contribution in [3.63, 3.8) is 0 Å². The van der Waals surface area contributed by atoms with Crippen LogP contribution in [0.4, 0.5) is 4.79 Å². The molecule has 238 valence electrons. The molecule has 8 N–H and O–H groups in total. The summed E-state index contributed by atoms with van der Waals surface area (Å²) in [6.07, 6.45) is -0.118. The van der Waals surface area contributed by atoms with Gasteiger partial charge in [0.15, 0.2) is 11.4 Å². The van der Waals surface area contributed by atoms with Crippen LogP contribution < -0.4 is 21.1 Å². The van der Waals surface area contributed by atoms with Gasteiger partial charge in [0.05, 0.1) is 12.2 Å². The third-order valence-electron chi connectivity index (χ3n) is 8.54. The van der Waals surface area contributed by atoms with E-state index in [-0.39, 0.29) is 48.7 Å². The van der Waals surface area contributed by atoms with Crippen molar-refractivity contribution in [1.29, 1.82) is 0 Å². The molecular weight excluding hydrogens is 582 g/mol. The largest absolute Gasteiger partial charge is 0.511 e. The normalized spacial score (nSPS) is 22.8. The second-order valence-electron chi connectivity index (χ2n) is 12.7. The minimum Gasteiger partial charge on any atom is -0.511 e. The van der Waals surface area contributed by atoms with Gasteiger partial charge in [-0.05, 0) is 81.3 Å². The van der Waals surface area contributed by atoms with Gasteiger partial charge in [-0.2, -0.15) is 0 Å². The molecule has 0 aromatic heterocycles. The Hall–Kier alpha value is -4.84. The number of aromatic hydroxyl groups is 1. The van der Waals surface area contributed by atoms with Crippen molar-refractivity contribution in [2.45, 2.75) is 64.6 Å². The lowest BCUT2D eigenvalue weighted by Gasteiger charge is -2.45. The molecule has 0 saturated heterocycles. The first-order valence-electron chi connectivity index (χ1n) is 14.7. The number of fused-ring (bicyclic) bond motifs is 3. The highest BCUT2D eigenvalue weighted by Gasteiger charge is 2.59. The summed E-state index contributed by atoms with van der Waals surface area (Å²) in [4.78, 5) is 51.5. The third-order valence-corrected chi connectivity index (χ3v) is 8.54. The minimum absolute atomic E-state index is 0.0271. The topological polar surface area (TPSA) is 209 Å². The van der Waals surface area contributed by atoms with Crippen molar-refractivity contribution in [2.24, 2.45) is 17.6 Å². The van der Waals surface area contributed by atoms with E-state index in [1.165, 1.54) is 6.07 Å². The fourth-order valence-electron chi connectivity index (χ4n) is 6.63. The van der Waals surface area contributed by atoms with Crippen LogP contribution >= 0.6 is 0 Å². The Bertz CT molecular complexity index is 1700. The molecule has 0 bridgehead atoms. The first-order valence-corrected chi connectivity index (χ1v) is 14.7. The Balaban J connectivity index is 1.56. The van der Waals surface area contributed by atoms with Crippen molar-refractivity contribution in [1.82, 2.24) is 10.6 Å². The smallest absolute Gasteiger partial charge is 0.315 e. The molecule has 0 fully saturated rings. The zero-order chi connectivity index (χ0) is 33.0. The molecule has 0 spiro atoms. The van der Waals surface area contributed by atoms with Crippen LogP contribution in [0.1, 0.15) is 62.0 Å². The number of rotatable bonds is 6. The van der Waals surface area contributed by atoms with Gasteiger partial charge in [-0.25, -0.2) is 4.79 Å². The molecule has 12 nitrogen and oxygen atoms in total. The molecule has 3 amide bonds. The number of nitrogens with one attached hydrogen (secondary N) is 2. The standard InChI is InChI=1S/C33H37N3O9/c1-5-45-23-9-6-15(10-17(23)14-35-31(43)36-32(2,3)4)19-7-8-21(37)25-20(19)12-16-11-18-13-22(38)26(30(34)42)29(41)33(18,44)28(40)24(16)27(25)39/h6-10,16,18,37-38,40,44H,5,11-14H2,1-4H3,(H2,34,42)(H2,35,36,43)/t16-,18+,33+/m1/s1. The van der Waals surface area contributed by atoms with E-state index in [1.807, 2.05) is 33.8 Å². The van der Waals surface area contributed by atoms with Crippen molar-refractivity contribution < 1.29 is 44.3 Å². The van der Waals surface area contributed by atoms with Crippen molar-refractivity contribution in [2.75, 3.05) is 6.61 Å². The van der Waals surface area contributed by atoms with E-state index in [4.69, 9.17) is 10.5 Å². The van der Waals surface area contributed by atoms with Crippen LogP contribution in [0.15, 0.2) is 53.0 Å². The molecule has 5 rings (SSSR count). The molecule has 0 unspecified atom stereocenters. The number of urea groups is 1. The number of allylic oxidation sites excluding steroid dienone is 2. The van der Waals surface area contributed by atoms with E-state index in [9.17, 15) is 39.6 Å². The lowest BCUT2D eigenvalue weighted by atomic mass is 9.60. The minimum atomic E-state index is -2.63. The average Bonchev–Trinajstić information content (AvgIpc) is 2.93. The molecular formula is C33H37N3O9. The quantitative estimate of drug-likeness (QED) is 0.236. The molecule has 12 heteroatoms. The molecule has 0 saturated carbocycles. The van der Waals surface area contributed by atoms with E-state index in [0.29, 0.717) is 34.6 Å². The number of hydrogen-bond donors (Lipinski definition) is 7. The van der Waals surface area contributed by atoms with E-state index in [0.717, 1.165) is 0 Å². The van der Waals surface area contributed by atoms with Crippen molar-refractivity contribution in [3.05, 3.63) is 69.7 Å². The number of aliphatic hydroxyl groups is 3. The zero-order valence-corrected chi connectivity index (χ0v) is 25.5. The summed E-state index contributed by atoms with van der Waals surface area (Å²) in [6, 6.07) is 8.06. The lowest BCUT2D eigenvalue weighted by molar-refractivity contribution is -0.144. The van der Waals surface area contributed by atoms with Gasteiger partial charge in [0.25, 0.3) is 5.91 Å². The van der Waals surface area contributed by atoms with Gasteiger partial charge in [0, 0.05) is 35.6 Å². The summed E-state index contributed by atoms with van der Waals surface area (Å²) in [5.41, 5.74) is 3.56. The van der Waals surface area contributed by atoms with Crippen molar-refractivity contribution in [3.8, 4) is 22.6 Å². The lowest BCUT2D eigenvalue weighted by Crippen LogP contribution is -2.57. The van der Waals surface area contributed by atoms with Gasteiger partial charge in [-0.15, -0.1) is 0 Å². The first-order chi connectivity index (χ1) is 21.1. The van der Waals surface area contributed by atoms with Gasteiger partial charge in [-0.1, -0.05) is 12.1 Å². The Morgan fingerprint density at radius 1 is 1.09 bits per heavy atom. The Kier molecular flexibility index (Phi) is 7.90. The van der Waals surface area contributed by atoms with Crippen molar-refractivity contribution >= 4 is 23.5 Å². The van der Waals surface area contributed by atoms with Crippen LogP contribution in [0, 0.1) is 11.8 Å². The predicted octanol–water partition coefficient (Wildman–Crippen LogP) is 3.24. The van der Waals surface area contributed by atoms with E-state index >= 15 is 0 Å². The maximum Gasteiger partial charge on any atom is 0.315 e. The predicted molar refractivity (Wildman–Crippen MR) is 163 cm³/mol. The number of benzene rings is 2. The molecule has 0 radical (unpaired) electrons. The average molecular weight is 620 g/mol. The maximum absolute atomic E-state index is 13.9. The maximum atomic E-state index is 13.9. The van der Waals surface area contributed by atoms with Crippen LogP contribution in [0.25, 0.3) is 11.1 Å². The summed E-state index contributed by atoms with van der Waals surface area (Å²) in [5.74, 6) is -6.24. The number of ether oxygens (including phenoxy) is 1. The Morgan fingerprint density at radius 3 is 2.44 bits per heavy atom. The number of phenolic OH excluding ortho intramolecular Hbond substituents is 1. The molecule has 3 atom stereocenters. The summed E-state index contributed by atoms with van der Waals surface area (Å²) < 4.78 is 5.79. The Labute approximate surface area is 259 Å². The van der Waals surface area contributed by atoms with E-state index < -0.39 is 57.5 Å². The number of nitrogens with two attached hydrogens (primary N) is 1. The van der Waals surface area contributed by atoms with Crippen LogP contribution in [0.2, 0.25) is 0 Å². The molecule has 3 aliphatic rings. The fraction of sp³-hybridized carbons (Fsp3) is 0.394.